The van der Waals surface area contributed by atoms with Crippen LogP contribution in [0.3, 0.4) is 0 Å². The SMILES string of the molecule is O=C(CCN1CCCCC1)N1CCCCc2[nH]ccc21. The van der Waals surface area contributed by atoms with E-state index in [1.54, 1.807) is 0 Å². The number of anilines is 1. The molecule has 2 aliphatic rings. The Morgan fingerprint density at radius 1 is 1.10 bits per heavy atom. The molecule has 0 radical (unpaired) electrons. The number of amides is 1. The first-order valence-corrected chi connectivity index (χ1v) is 8.03. The number of fused-ring (bicyclic) bond motifs is 1. The zero-order chi connectivity index (χ0) is 13.8. The van der Waals surface area contributed by atoms with Crippen molar-refractivity contribution in [3.63, 3.8) is 0 Å². The average molecular weight is 275 g/mol. The second-order valence-electron chi connectivity index (χ2n) is 6.00. The molecule has 1 amide bonds. The quantitative estimate of drug-likeness (QED) is 0.921. The Hall–Kier alpha value is -1.29. The molecule has 0 spiro atoms. The van der Waals surface area contributed by atoms with Crippen LogP contribution in [0.4, 0.5) is 5.69 Å². The maximum Gasteiger partial charge on any atom is 0.228 e. The van der Waals surface area contributed by atoms with Crippen molar-refractivity contribution < 1.29 is 4.79 Å². The number of aromatic amines is 1. The van der Waals surface area contributed by atoms with E-state index in [1.807, 2.05) is 11.1 Å². The lowest BCUT2D eigenvalue weighted by Gasteiger charge is -2.27. The van der Waals surface area contributed by atoms with Crippen molar-refractivity contribution in [2.45, 2.75) is 44.9 Å². The highest BCUT2D eigenvalue weighted by Crippen LogP contribution is 2.25. The number of nitrogens with one attached hydrogen (secondary N) is 1. The molecule has 1 saturated heterocycles. The predicted octanol–water partition coefficient (Wildman–Crippen LogP) is 2.56. The Morgan fingerprint density at radius 2 is 1.90 bits per heavy atom. The fourth-order valence-corrected chi connectivity index (χ4v) is 3.37. The summed E-state index contributed by atoms with van der Waals surface area (Å²) in [5, 5.41) is 0. The first-order chi connectivity index (χ1) is 9.84. The van der Waals surface area contributed by atoms with Crippen LogP contribution in [0.25, 0.3) is 0 Å². The molecule has 4 heteroatoms. The molecular weight excluding hydrogens is 250 g/mol. The fourth-order valence-electron chi connectivity index (χ4n) is 3.37. The summed E-state index contributed by atoms with van der Waals surface area (Å²) in [6.45, 7) is 4.14. The number of hydrogen-bond donors (Lipinski definition) is 1. The normalized spacial score (nSPS) is 20.5. The highest BCUT2D eigenvalue weighted by molar-refractivity contribution is 5.94. The lowest BCUT2D eigenvalue weighted by molar-refractivity contribution is -0.119. The second kappa shape index (κ2) is 6.44. The van der Waals surface area contributed by atoms with Crippen LogP contribution in [0.1, 0.15) is 44.2 Å². The first kappa shape index (κ1) is 13.7. The van der Waals surface area contributed by atoms with Crippen molar-refractivity contribution in [3.8, 4) is 0 Å². The van der Waals surface area contributed by atoms with Gasteiger partial charge < -0.3 is 14.8 Å². The molecule has 0 atom stereocenters. The van der Waals surface area contributed by atoms with Crippen LogP contribution in [0.15, 0.2) is 12.3 Å². The lowest BCUT2D eigenvalue weighted by atomic mass is 10.1. The largest absolute Gasteiger partial charge is 0.363 e. The van der Waals surface area contributed by atoms with E-state index in [2.05, 4.69) is 16.0 Å². The van der Waals surface area contributed by atoms with Gasteiger partial charge in [-0.1, -0.05) is 6.42 Å². The zero-order valence-corrected chi connectivity index (χ0v) is 12.2. The number of rotatable bonds is 3. The van der Waals surface area contributed by atoms with Gasteiger partial charge in [0, 0.05) is 31.4 Å². The number of piperidine rings is 1. The van der Waals surface area contributed by atoms with E-state index >= 15 is 0 Å². The number of aryl methyl sites for hydroxylation is 1. The van der Waals surface area contributed by atoms with Crippen LogP contribution >= 0.6 is 0 Å². The predicted molar refractivity (Wildman–Crippen MR) is 81.0 cm³/mol. The minimum atomic E-state index is 0.290. The Bertz CT molecular complexity index is 448. The Balaban J connectivity index is 1.59. The van der Waals surface area contributed by atoms with E-state index < -0.39 is 0 Å². The van der Waals surface area contributed by atoms with E-state index in [0.717, 1.165) is 31.6 Å². The molecule has 0 aromatic carbocycles. The van der Waals surface area contributed by atoms with Crippen LogP contribution in [-0.4, -0.2) is 42.0 Å². The highest BCUT2D eigenvalue weighted by atomic mass is 16.2. The smallest absolute Gasteiger partial charge is 0.228 e. The van der Waals surface area contributed by atoms with E-state index in [4.69, 9.17) is 0 Å². The first-order valence-electron chi connectivity index (χ1n) is 8.03. The van der Waals surface area contributed by atoms with E-state index in [9.17, 15) is 4.79 Å². The molecule has 3 heterocycles. The van der Waals surface area contributed by atoms with Gasteiger partial charge in [-0.05, 0) is 51.3 Å². The maximum atomic E-state index is 12.5. The zero-order valence-electron chi connectivity index (χ0n) is 12.2. The number of aromatic nitrogens is 1. The minimum Gasteiger partial charge on any atom is -0.363 e. The van der Waals surface area contributed by atoms with Crippen molar-refractivity contribution in [1.29, 1.82) is 0 Å². The van der Waals surface area contributed by atoms with Gasteiger partial charge in [0.05, 0.1) is 5.69 Å². The molecule has 0 bridgehead atoms. The number of carbonyl (C=O) groups excluding carboxylic acids is 1. The Labute approximate surface area is 121 Å². The summed E-state index contributed by atoms with van der Waals surface area (Å²) >= 11 is 0. The number of H-pyrrole nitrogens is 1. The van der Waals surface area contributed by atoms with Crippen molar-refractivity contribution in [3.05, 3.63) is 18.0 Å². The molecule has 1 aromatic rings. The van der Waals surface area contributed by atoms with Gasteiger partial charge in [-0.25, -0.2) is 0 Å². The Kier molecular flexibility index (Phi) is 4.41. The number of likely N-dealkylation sites (tertiary alicyclic amines) is 1. The van der Waals surface area contributed by atoms with Gasteiger partial charge in [0.15, 0.2) is 0 Å². The summed E-state index contributed by atoms with van der Waals surface area (Å²) in [5.41, 5.74) is 2.35. The second-order valence-corrected chi connectivity index (χ2v) is 6.00. The van der Waals surface area contributed by atoms with Crippen LogP contribution in [0.5, 0.6) is 0 Å². The van der Waals surface area contributed by atoms with Crippen LogP contribution < -0.4 is 4.90 Å². The number of nitrogens with zero attached hydrogens (tertiary/aromatic N) is 2. The molecule has 110 valence electrons. The summed E-state index contributed by atoms with van der Waals surface area (Å²) in [5.74, 6) is 0.290. The highest BCUT2D eigenvalue weighted by Gasteiger charge is 2.22. The molecule has 0 aliphatic carbocycles. The van der Waals surface area contributed by atoms with Gasteiger partial charge in [0.1, 0.15) is 0 Å². The lowest BCUT2D eigenvalue weighted by Crippen LogP contribution is -2.36. The molecule has 20 heavy (non-hydrogen) atoms. The monoisotopic (exact) mass is 275 g/mol. The summed E-state index contributed by atoms with van der Waals surface area (Å²) in [7, 11) is 0. The number of hydrogen-bond acceptors (Lipinski definition) is 2. The topological polar surface area (TPSA) is 39.3 Å². The third-order valence-electron chi connectivity index (χ3n) is 4.55. The van der Waals surface area contributed by atoms with Crippen molar-refractivity contribution in [2.75, 3.05) is 31.1 Å². The van der Waals surface area contributed by atoms with Crippen molar-refractivity contribution in [1.82, 2.24) is 9.88 Å². The summed E-state index contributed by atoms with van der Waals surface area (Å²) in [6, 6.07) is 2.06. The van der Waals surface area contributed by atoms with Crippen LogP contribution in [0.2, 0.25) is 0 Å². The van der Waals surface area contributed by atoms with E-state index in [-0.39, 0.29) is 0 Å². The van der Waals surface area contributed by atoms with Gasteiger partial charge in [-0.15, -0.1) is 0 Å². The van der Waals surface area contributed by atoms with E-state index in [0.29, 0.717) is 12.3 Å². The Morgan fingerprint density at radius 3 is 2.75 bits per heavy atom. The van der Waals surface area contributed by atoms with Crippen LogP contribution in [-0.2, 0) is 11.2 Å². The third kappa shape index (κ3) is 3.06. The van der Waals surface area contributed by atoms with Gasteiger partial charge >= 0.3 is 0 Å². The van der Waals surface area contributed by atoms with Gasteiger partial charge in [0.2, 0.25) is 5.91 Å². The molecule has 0 saturated carbocycles. The molecule has 3 rings (SSSR count). The molecule has 1 N–H and O–H groups in total. The average Bonchev–Trinajstić information content (AvgIpc) is 2.85. The summed E-state index contributed by atoms with van der Waals surface area (Å²) < 4.78 is 0. The summed E-state index contributed by atoms with van der Waals surface area (Å²) in [4.78, 5) is 20.3. The van der Waals surface area contributed by atoms with Crippen LogP contribution in [0, 0.1) is 0 Å². The minimum absolute atomic E-state index is 0.290. The van der Waals surface area contributed by atoms with Crippen molar-refractivity contribution >= 4 is 11.6 Å². The van der Waals surface area contributed by atoms with Gasteiger partial charge in [0.25, 0.3) is 0 Å². The summed E-state index contributed by atoms with van der Waals surface area (Å²) in [6.07, 6.45) is 9.90. The molecule has 2 aliphatic heterocycles. The van der Waals surface area contributed by atoms with Crippen molar-refractivity contribution in [2.24, 2.45) is 0 Å². The standard InChI is InChI=1S/C16H25N3O/c20-16(8-13-18-10-3-1-4-11-18)19-12-5-2-6-14-15(19)7-9-17-14/h7,9,17H,1-6,8,10-13H2. The maximum absolute atomic E-state index is 12.5. The molecule has 0 unspecified atom stereocenters. The molecule has 1 aromatic heterocycles. The fraction of sp³-hybridized carbons (Fsp3) is 0.688. The molecule has 1 fully saturated rings. The van der Waals surface area contributed by atoms with Gasteiger partial charge in [-0.2, -0.15) is 0 Å². The molecular formula is C16H25N3O. The van der Waals surface area contributed by atoms with E-state index in [1.165, 1.54) is 44.5 Å². The van der Waals surface area contributed by atoms with Gasteiger partial charge in [-0.3, -0.25) is 4.79 Å². The molecule has 4 nitrogen and oxygen atoms in total. The number of carbonyl (C=O) groups is 1. The third-order valence-corrected chi connectivity index (χ3v) is 4.55.